The second-order valence-electron chi connectivity index (χ2n) is 5.55. The molecule has 2 rings (SSSR count). The van der Waals surface area contributed by atoms with Crippen LogP contribution in [-0.4, -0.2) is 23.9 Å². The summed E-state index contributed by atoms with van der Waals surface area (Å²) >= 11 is 3.32. The van der Waals surface area contributed by atoms with E-state index in [-0.39, 0.29) is 30.2 Å². The van der Waals surface area contributed by atoms with Gasteiger partial charge < -0.3 is 10.6 Å². The van der Waals surface area contributed by atoms with Crippen molar-refractivity contribution in [1.29, 1.82) is 0 Å². The number of amides is 1. The predicted molar refractivity (Wildman–Crippen MR) is 80.5 cm³/mol. The Hall–Kier alpha value is -0.940. The standard InChI is InChI=1S/C15H20BrFN2O/c1-19(9-11-7-12(16)5-6-14(11)17)15(20)10-3-2-4-13(18)8-10/h5-7,10,13H,2-4,8-9,18H2,1H3. The van der Waals surface area contributed by atoms with Gasteiger partial charge in [0.15, 0.2) is 0 Å². The van der Waals surface area contributed by atoms with E-state index in [0.717, 1.165) is 30.2 Å². The van der Waals surface area contributed by atoms with E-state index in [0.29, 0.717) is 5.56 Å². The van der Waals surface area contributed by atoms with Crippen LogP contribution >= 0.6 is 15.9 Å². The van der Waals surface area contributed by atoms with E-state index in [1.54, 1.807) is 24.1 Å². The van der Waals surface area contributed by atoms with Crippen LogP contribution in [0.2, 0.25) is 0 Å². The number of halogens is 2. The van der Waals surface area contributed by atoms with Crippen molar-refractivity contribution in [2.24, 2.45) is 11.7 Å². The minimum Gasteiger partial charge on any atom is -0.341 e. The maximum Gasteiger partial charge on any atom is 0.225 e. The van der Waals surface area contributed by atoms with Crippen LogP contribution in [-0.2, 0) is 11.3 Å². The van der Waals surface area contributed by atoms with Gasteiger partial charge in [-0.15, -0.1) is 0 Å². The molecule has 1 amide bonds. The van der Waals surface area contributed by atoms with E-state index >= 15 is 0 Å². The second-order valence-corrected chi connectivity index (χ2v) is 6.47. The highest BCUT2D eigenvalue weighted by Crippen LogP contribution is 2.25. The van der Waals surface area contributed by atoms with Crippen LogP contribution < -0.4 is 5.73 Å². The average molecular weight is 343 g/mol. The number of nitrogens with two attached hydrogens (primary N) is 1. The molecule has 1 aliphatic carbocycles. The molecule has 0 radical (unpaired) electrons. The van der Waals surface area contributed by atoms with E-state index in [1.807, 2.05) is 0 Å². The van der Waals surface area contributed by atoms with Gasteiger partial charge in [-0.25, -0.2) is 4.39 Å². The van der Waals surface area contributed by atoms with Gasteiger partial charge in [0.05, 0.1) is 0 Å². The number of carbonyl (C=O) groups excluding carboxylic acids is 1. The molecule has 1 aliphatic rings. The number of hydrogen-bond donors (Lipinski definition) is 1. The molecule has 0 bridgehead atoms. The van der Waals surface area contributed by atoms with Gasteiger partial charge in [0.2, 0.25) is 5.91 Å². The highest BCUT2D eigenvalue weighted by atomic mass is 79.9. The van der Waals surface area contributed by atoms with Crippen LogP contribution in [0.15, 0.2) is 22.7 Å². The zero-order valence-electron chi connectivity index (χ0n) is 11.6. The van der Waals surface area contributed by atoms with Crippen molar-refractivity contribution in [1.82, 2.24) is 4.90 Å². The summed E-state index contributed by atoms with van der Waals surface area (Å²) in [5.74, 6) is -0.230. The normalized spacial score (nSPS) is 22.6. The lowest BCUT2D eigenvalue weighted by Crippen LogP contribution is -2.38. The van der Waals surface area contributed by atoms with Crippen molar-refractivity contribution < 1.29 is 9.18 Å². The minimum atomic E-state index is -0.284. The zero-order valence-corrected chi connectivity index (χ0v) is 13.2. The van der Waals surface area contributed by atoms with Crippen LogP contribution in [0.1, 0.15) is 31.2 Å². The van der Waals surface area contributed by atoms with Gasteiger partial charge in [-0.3, -0.25) is 4.79 Å². The van der Waals surface area contributed by atoms with Crippen molar-refractivity contribution in [3.63, 3.8) is 0 Å². The smallest absolute Gasteiger partial charge is 0.225 e. The third-order valence-electron chi connectivity index (χ3n) is 3.86. The summed E-state index contributed by atoms with van der Waals surface area (Å²) in [5, 5.41) is 0. The van der Waals surface area contributed by atoms with Crippen LogP contribution in [0.3, 0.4) is 0 Å². The summed E-state index contributed by atoms with van der Waals surface area (Å²) < 4.78 is 14.5. The Morgan fingerprint density at radius 2 is 2.25 bits per heavy atom. The Morgan fingerprint density at radius 1 is 1.50 bits per heavy atom. The van der Waals surface area contributed by atoms with Gasteiger partial charge in [-0.2, -0.15) is 0 Å². The van der Waals surface area contributed by atoms with E-state index in [9.17, 15) is 9.18 Å². The molecule has 3 nitrogen and oxygen atoms in total. The number of rotatable bonds is 3. The van der Waals surface area contributed by atoms with Crippen LogP contribution in [0.4, 0.5) is 4.39 Å². The molecule has 2 N–H and O–H groups in total. The van der Waals surface area contributed by atoms with Crippen molar-refractivity contribution in [2.45, 2.75) is 38.3 Å². The van der Waals surface area contributed by atoms with E-state index < -0.39 is 0 Å². The Kier molecular flexibility index (Phi) is 5.16. The molecule has 5 heteroatoms. The van der Waals surface area contributed by atoms with Crippen LogP contribution in [0.5, 0.6) is 0 Å². The summed E-state index contributed by atoms with van der Waals surface area (Å²) in [4.78, 5) is 14.0. The molecule has 0 aliphatic heterocycles. The monoisotopic (exact) mass is 342 g/mol. The molecular formula is C15H20BrFN2O. The van der Waals surface area contributed by atoms with Crippen molar-refractivity contribution in [3.05, 3.63) is 34.1 Å². The molecule has 1 aromatic carbocycles. The van der Waals surface area contributed by atoms with Crippen LogP contribution in [0, 0.1) is 11.7 Å². The number of carbonyl (C=O) groups is 1. The first-order valence-corrected chi connectivity index (χ1v) is 7.71. The lowest BCUT2D eigenvalue weighted by Gasteiger charge is -2.29. The highest BCUT2D eigenvalue weighted by molar-refractivity contribution is 9.10. The molecule has 110 valence electrons. The van der Waals surface area contributed by atoms with E-state index in [4.69, 9.17) is 5.73 Å². The quantitative estimate of drug-likeness (QED) is 0.917. The fourth-order valence-electron chi connectivity index (χ4n) is 2.76. The average Bonchev–Trinajstić information content (AvgIpc) is 2.42. The molecule has 2 atom stereocenters. The molecule has 1 fully saturated rings. The first-order valence-electron chi connectivity index (χ1n) is 6.92. The Morgan fingerprint density at radius 3 is 2.95 bits per heavy atom. The third kappa shape index (κ3) is 3.79. The fourth-order valence-corrected chi connectivity index (χ4v) is 3.17. The van der Waals surface area contributed by atoms with Crippen molar-refractivity contribution in [3.8, 4) is 0 Å². The summed E-state index contributed by atoms with van der Waals surface area (Å²) in [6.45, 7) is 0.288. The molecule has 1 saturated carbocycles. The van der Waals surface area contributed by atoms with Gasteiger partial charge in [-0.1, -0.05) is 22.4 Å². The lowest BCUT2D eigenvalue weighted by atomic mass is 9.85. The van der Waals surface area contributed by atoms with Crippen molar-refractivity contribution >= 4 is 21.8 Å². The fraction of sp³-hybridized carbons (Fsp3) is 0.533. The van der Waals surface area contributed by atoms with Gasteiger partial charge in [0, 0.05) is 35.6 Å². The molecule has 0 aromatic heterocycles. The number of nitrogens with zero attached hydrogens (tertiary/aromatic N) is 1. The van der Waals surface area contributed by atoms with Crippen LogP contribution in [0.25, 0.3) is 0 Å². The summed E-state index contributed by atoms with van der Waals surface area (Å²) in [7, 11) is 1.73. The van der Waals surface area contributed by atoms with Gasteiger partial charge in [-0.05, 0) is 37.5 Å². The zero-order chi connectivity index (χ0) is 14.7. The highest BCUT2D eigenvalue weighted by Gasteiger charge is 2.27. The van der Waals surface area contributed by atoms with Gasteiger partial charge >= 0.3 is 0 Å². The maximum absolute atomic E-state index is 13.7. The van der Waals surface area contributed by atoms with Crippen molar-refractivity contribution in [2.75, 3.05) is 7.05 Å². The predicted octanol–water partition coefficient (Wildman–Crippen LogP) is 3.06. The third-order valence-corrected chi connectivity index (χ3v) is 4.35. The molecule has 1 aromatic rings. The minimum absolute atomic E-state index is 0.0148. The summed E-state index contributed by atoms with van der Waals surface area (Å²) in [6.07, 6.45) is 3.62. The first kappa shape index (κ1) is 15.4. The first-order chi connectivity index (χ1) is 9.47. The van der Waals surface area contributed by atoms with E-state index in [1.165, 1.54) is 6.07 Å². The molecule has 0 spiro atoms. The Balaban J connectivity index is 2.01. The number of benzene rings is 1. The molecule has 2 unspecified atom stereocenters. The van der Waals surface area contributed by atoms with Gasteiger partial charge in [0.25, 0.3) is 0 Å². The molecule has 0 saturated heterocycles. The molecular weight excluding hydrogens is 323 g/mol. The SMILES string of the molecule is CN(Cc1cc(Br)ccc1F)C(=O)C1CCCC(N)C1. The summed E-state index contributed by atoms with van der Waals surface area (Å²) in [5.41, 5.74) is 6.45. The molecule has 20 heavy (non-hydrogen) atoms. The van der Waals surface area contributed by atoms with Gasteiger partial charge in [0.1, 0.15) is 5.82 Å². The topological polar surface area (TPSA) is 46.3 Å². The molecule has 0 heterocycles. The van der Waals surface area contributed by atoms with E-state index in [2.05, 4.69) is 15.9 Å². The lowest BCUT2D eigenvalue weighted by molar-refractivity contribution is -0.135. The second kappa shape index (κ2) is 6.68. The number of hydrogen-bond acceptors (Lipinski definition) is 2. The Labute approximate surface area is 127 Å². The Bertz CT molecular complexity index is 495. The summed E-state index contributed by atoms with van der Waals surface area (Å²) in [6, 6.07) is 4.90. The largest absolute Gasteiger partial charge is 0.341 e. The maximum atomic E-state index is 13.7.